The molecule has 0 bridgehead atoms. The number of halogens is 2. The van der Waals surface area contributed by atoms with Gasteiger partial charge in [-0.1, -0.05) is 29.3 Å². The molecule has 2 N–H and O–H groups in total. The van der Waals surface area contributed by atoms with Crippen molar-refractivity contribution in [3.05, 3.63) is 72.2 Å². The third kappa shape index (κ3) is 6.73. The number of nitrogens with zero attached hydrogens (tertiary/aromatic N) is 3. The maximum Gasteiger partial charge on any atom is 0.279 e. The van der Waals surface area contributed by atoms with Gasteiger partial charge in [0.15, 0.2) is 0 Å². The molecular formula is C18H15Cl2N5O6. The summed E-state index contributed by atoms with van der Waals surface area (Å²) in [5.74, 6) is -1.15. The van der Waals surface area contributed by atoms with Crippen LogP contribution in [0.15, 0.2) is 41.5 Å². The molecule has 31 heavy (non-hydrogen) atoms. The standard InChI is InChI=1S/C18H15Cl2N5O6/c1-10(7-16(26)21-14-4-2-3-13(19)18(14)20)22-23-17(27)8-11-5-6-12(24(28)29)9-15(11)25(30)31/h2-6,9H,7-8H2,1H3,(H,21,26)(H,23,27)/b22-10+. The molecule has 0 aliphatic carbocycles. The quantitative estimate of drug-likeness (QED) is 0.340. The van der Waals surface area contributed by atoms with E-state index in [9.17, 15) is 29.8 Å². The van der Waals surface area contributed by atoms with Gasteiger partial charge in [-0.2, -0.15) is 5.10 Å². The summed E-state index contributed by atoms with van der Waals surface area (Å²) in [6, 6.07) is 7.73. The lowest BCUT2D eigenvalue weighted by atomic mass is 10.1. The van der Waals surface area contributed by atoms with E-state index < -0.39 is 39.5 Å². The summed E-state index contributed by atoms with van der Waals surface area (Å²) >= 11 is 11.9. The van der Waals surface area contributed by atoms with Gasteiger partial charge in [-0.25, -0.2) is 5.43 Å². The van der Waals surface area contributed by atoms with Crippen LogP contribution in [0.4, 0.5) is 17.1 Å². The van der Waals surface area contributed by atoms with E-state index in [4.69, 9.17) is 23.2 Å². The molecule has 0 saturated carbocycles. The third-order valence-electron chi connectivity index (χ3n) is 3.84. The van der Waals surface area contributed by atoms with Crippen molar-refractivity contribution in [2.24, 2.45) is 5.10 Å². The highest BCUT2D eigenvalue weighted by molar-refractivity contribution is 6.44. The SMILES string of the molecule is C/C(CC(=O)Nc1cccc(Cl)c1Cl)=N\NC(=O)Cc1ccc([N+](=O)[O-])cc1[N+](=O)[O-]. The molecule has 2 aromatic rings. The fourth-order valence-corrected chi connectivity index (χ4v) is 2.77. The Bertz CT molecular complexity index is 1090. The minimum Gasteiger partial charge on any atom is -0.324 e. The summed E-state index contributed by atoms with van der Waals surface area (Å²) < 4.78 is 0. The lowest BCUT2D eigenvalue weighted by Gasteiger charge is -2.08. The highest BCUT2D eigenvalue weighted by Gasteiger charge is 2.21. The van der Waals surface area contributed by atoms with E-state index in [-0.39, 0.29) is 27.7 Å². The number of nitrogens with one attached hydrogen (secondary N) is 2. The summed E-state index contributed by atoms with van der Waals surface area (Å²) in [6.45, 7) is 1.49. The van der Waals surface area contributed by atoms with Gasteiger partial charge in [-0.15, -0.1) is 0 Å². The summed E-state index contributed by atoms with van der Waals surface area (Å²) in [5, 5.41) is 28.7. The average Bonchev–Trinajstić information content (AvgIpc) is 2.69. The fraction of sp³-hybridized carbons (Fsp3) is 0.167. The second kappa shape index (κ2) is 10.5. The Balaban J connectivity index is 1.98. The van der Waals surface area contributed by atoms with Gasteiger partial charge in [0.1, 0.15) is 0 Å². The Morgan fingerprint density at radius 2 is 1.77 bits per heavy atom. The van der Waals surface area contributed by atoms with Gasteiger partial charge in [0, 0.05) is 17.3 Å². The Morgan fingerprint density at radius 1 is 1.06 bits per heavy atom. The van der Waals surface area contributed by atoms with Crippen molar-refractivity contribution in [1.29, 1.82) is 0 Å². The van der Waals surface area contributed by atoms with Crippen LogP contribution >= 0.6 is 23.2 Å². The van der Waals surface area contributed by atoms with Gasteiger partial charge in [0.05, 0.1) is 44.5 Å². The molecule has 0 saturated heterocycles. The fourth-order valence-electron chi connectivity index (χ4n) is 2.42. The van der Waals surface area contributed by atoms with Crippen LogP contribution in [-0.4, -0.2) is 27.4 Å². The predicted molar refractivity (Wildman–Crippen MR) is 114 cm³/mol. The lowest BCUT2D eigenvalue weighted by Crippen LogP contribution is -2.23. The van der Waals surface area contributed by atoms with Crippen molar-refractivity contribution in [1.82, 2.24) is 5.43 Å². The van der Waals surface area contributed by atoms with Crippen molar-refractivity contribution < 1.29 is 19.4 Å². The van der Waals surface area contributed by atoms with Gasteiger partial charge >= 0.3 is 0 Å². The number of anilines is 1. The number of nitro groups is 2. The van der Waals surface area contributed by atoms with E-state index in [0.717, 1.165) is 18.2 Å². The highest BCUT2D eigenvalue weighted by Crippen LogP contribution is 2.29. The summed E-state index contributed by atoms with van der Waals surface area (Å²) in [7, 11) is 0. The van der Waals surface area contributed by atoms with Crippen LogP contribution in [0, 0.1) is 20.2 Å². The average molecular weight is 468 g/mol. The molecule has 0 atom stereocenters. The summed E-state index contributed by atoms with van der Waals surface area (Å²) in [6.07, 6.45) is -0.601. The number of amides is 2. The molecule has 0 heterocycles. The highest BCUT2D eigenvalue weighted by atomic mass is 35.5. The van der Waals surface area contributed by atoms with Crippen molar-refractivity contribution in [2.75, 3.05) is 5.32 Å². The third-order valence-corrected chi connectivity index (χ3v) is 4.66. The maximum absolute atomic E-state index is 12.1. The number of non-ortho nitro benzene ring substituents is 1. The molecule has 0 aromatic heterocycles. The van der Waals surface area contributed by atoms with E-state index in [1.807, 2.05) is 0 Å². The Labute approximate surface area is 185 Å². The normalized spacial score (nSPS) is 11.0. The first-order valence-electron chi connectivity index (χ1n) is 8.56. The monoisotopic (exact) mass is 467 g/mol. The second-order valence-corrected chi connectivity index (χ2v) is 7.00. The molecule has 2 amide bonds. The van der Waals surface area contributed by atoms with E-state index in [2.05, 4.69) is 15.8 Å². The first-order valence-corrected chi connectivity index (χ1v) is 9.31. The van der Waals surface area contributed by atoms with E-state index in [1.54, 1.807) is 18.2 Å². The minimum absolute atomic E-state index is 0.0192. The van der Waals surface area contributed by atoms with Crippen LogP contribution in [0.3, 0.4) is 0 Å². The number of hydrogen-bond acceptors (Lipinski definition) is 7. The summed E-state index contributed by atoms with van der Waals surface area (Å²) in [5.41, 5.74) is 1.73. The number of nitro benzene ring substituents is 2. The van der Waals surface area contributed by atoms with Crippen molar-refractivity contribution in [3.63, 3.8) is 0 Å². The number of rotatable bonds is 8. The van der Waals surface area contributed by atoms with Crippen LogP contribution in [0.2, 0.25) is 10.0 Å². The lowest BCUT2D eigenvalue weighted by molar-refractivity contribution is -0.394. The second-order valence-electron chi connectivity index (χ2n) is 6.21. The zero-order chi connectivity index (χ0) is 23.1. The van der Waals surface area contributed by atoms with Gasteiger partial charge in [-0.05, 0) is 25.1 Å². The molecule has 13 heteroatoms. The van der Waals surface area contributed by atoms with Gasteiger partial charge in [0.25, 0.3) is 11.4 Å². The maximum atomic E-state index is 12.1. The van der Waals surface area contributed by atoms with Crippen molar-refractivity contribution in [2.45, 2.75) is 19.8 Å². The Kier molecular flexibility index (Phi) is 8.00. The summed E-state index contributed by atoms with van der Waals surface area (Å²) in [4.78, 5) is 44.5. The van der Waals surface area contributed by atoms with E-state index in [0.29, 0.717) is 5.69 Å². The largest absolute Gasteiger partial charge is 0.324 e. The minimum atomic E-state index is -0.810. The van der Waals surface area contributed by atoms with E-state index >= 15 is 0 Å². The molecule has 162 valence electrons. The van der Waals surface area contributed by atoms with E-state index in [1.165, 1.54) is 6.92 Å². The molecule has 0 radical (unpaired) electrons. The zero-order valence-corrected chi connectivity index (χ0v) is 17.4. The van der Waals surface area contributed by atoms with Crippen LogP contribution in [0.1, 0.15) is 18.9 Å². The first kappa shape index (κ1) is 23.7. The van der Waals surface area contributed by atoms with Crippen LogP contribution in [0.5, 0.6) is 0 Å². The number of benzene rings is 2. The van der Waals surface area contributed by atoms with Gasteiger partial charge in [0.2, 0.25) is 11.8 Å². The molecule has 0 aliphatic heterocycles. The smallest absolute Gasteiger partial charge is 0.279 e. The number of carbonyl (C=O) groups excluding carboxylic acids is 2. The number of hydrazone groups is 1. The molecule has 0 spiro atoms. The first-order chi connectivity index (χ1) is 14.6. The molecule has 2 rings (SSSR count). The molecule has 11 nitrogen and oxygen atoms in total. The number of hydrogen-bond donors (Lipinski definition) is 2. The zero-order valence-electron chi connectivity index (χ0n) is 15.9. The van der Waals surface area contributed by atoms with Crippen molar-refractivity contribution >= 4 is 57.8 Å². The molecular weight excluding hydrogens is 453 g/mol. The molecule has 0 aliphatic rings. The molecule has 0 fully saturated rings. The molecule has 0 unspecified atom stereocenters. The van der Waals surface area contributed by atoms with Gasteiger partial charge < -0.3 is 5.32 Å². The predicted octanol–water partition coefficient (Wildman–Crippen LogP) is 3.87. The van der Waals surface area contributed by atoms with Crippen LogP contribution < -0.4 is 10.7 Å². The Hall–Kier alpha value is -3.57. The molecule has 2 aromatic carbocycles. The van der Waals surface area contributed by atoms with Gasteiger partial charge in [-0.3, -0.25) is 29.8 Å². The van der Waals surface area contributed by atoms with Crippen molar-refractivity contribution in [3.8, 4) is 0 Å². The van der Waals surface area contributed by atoms with Crippen LogP contribution in [0.25, 0.3) is 0 Å². The Morgan fingerprint density at radius 3 is 2.42 bits per heavy atom. The topological polar surface area (TPSA) is 157 Å². The number of carbonyl (C=O) groups is 2. The van der Waals surface area contributed by atoms with Crippen LogP contribution in [-0.2, 0) is 16.0 Å².